The van der Waals surface area contributed by atoms with Crippen molar-refractivity contribution in [2.75, 3.05) is 0 Å². The summed E-state index contributed by atoms with van der Waals surface area (Å²) in [4.78, 5) is 45.5. The Balaban J connectivity index is 2.02. The second-order valence-corrected chi connectivity index (χ2v) is 16.7. The van der Waals surface area contributed by atoms with Gasteiger partial charge in [0, 0.05) is 11.5 Å². The zero-order valence-corrected chi connectivity index (χ0v) is 31.7. The first-order valence-corrected chi connectivity index (χ1v) is 17.9. The highest BCUT2D eigenvalue weighted by Crippen LogP contribution is 2.69. The summed E-state index contributed by atoms with van der Waals surface area (Å²) in [5, 5.41) is 20.4. The van der Waals surface area contributed by atoms with E-state index in [2.05, 4.69) is 52.8 Å². The molecular formula is C43H58O6. The second kappa shape index (κ2) is 13.9. The highest BCUT2D eigenvalue weighted by atomic mass is 16.5. The number of phenolic OH excluding ortho intramolecular Hbond substituents is 2. The summed E-state index contributed by atoms with van der Waals surface area (Å²) >= 11 is 0. The van der Waals surface area contributed by atoms with Crippen molar-refractivity contribution in [3.63, 3.8) is 0 Å². The van der Waals surface area contributed by atoms with Crippen LogP contribution in [0.1, 0.15) is 131 Å². The minimum atomic E-state index is -1.50. The first kappa shape index (κ1) is 38.1. The zero-order valence-electron chi connectivity index (χ0n) is 31.7. The van der Waals surface area contributed by atoms with Crippen molar-refractivity contribution >= 4 is 17.3 Å². The second-order valence-electron chi connectivity index (χ2n) is 16.7. The SMILES string of the molecule is CC(C)=CCC/C(C)=C/C[C@H]1C[C@]23C[C@H](CC=C(C)C)C(C)(C)OC2=C(C(=O)c2ccc(O)c(O)c2)C(=O)[C@@](CC=C(C)C)(C3=O)C1(C)C. The number of phenols is 2. The quantitative estimate of drug-likeness (QED) is 0.0799. The van der Waals surface area contributed by atoms with Crippen molar-refractivity contribution in [2.24, 2.45) is 28.1 Å². The number of carbonyl (C=O) groups is 3. The van der Waals surface area contributed by atoms with E-state index in [1.54, 1.807) is 0 Å². The van der Waals surface area contributed by atoms with Crippen LogP contribution in [0.25, 0.3) is 0 Å². The predicted molar refractivity (Wildman–Crippen MR) is 196 cm³/mol. The molecule has 1 aromatic rings. The normalized spacial score (nSPS) is 27.1. The maximum Gasteiger partial charge on any atom is 0.200 e. The van der Waals surface area contributed by atoms with Crippen LogP contribution in [0.15, 0.2) is 76.1 Å². The summed E-state index contributed by atoms with van der Waals surface area (Å²) in [5.74, 6) is -1.95. The van der Waals surface area contributed by atoms with Gasteiger partial charge < -0.3 is 14.9 Å². The lowest BCUT2D eigenvalue weighted by Crippen LogP contribution is -2.69. The van der Waals surface area contributed by atoms with Crippen molar-refractivity contribution in [2.45, 2.75) is 127 Å². The number of carbonyl (C=O) groups excluding carboxylic acids is 3. The fourth-order valence-corrected chi connectivity index (χ4v) is 8.37. The van der Waals surface area contributed by atoms with Crippen LogP contribution in [0.3, 0.4) is 0 Å². The number of fused-ring (bicyclic) bond motifs is 1. The molecule has 1 aromatic carbocycles. The van der Waals surface area contributed by atoms with Gasteiger partial charge in [0.2, 0.25) is 0 Å². The molecule has 3 aliphatic rings. The molecule has 2 N–H and O–H groups in total. The first-order valence-electron chi connectivity index (χ1n) is 17.9. The number of aromatic hydroxyl groups is 2. The van der Waals surface area contributed by atoms with Gasteiger partial charge in [0.05, 0.1) is 5.41 Å². The highest BCUT2D eigenvalue weighted by Gasteiger charge is 2.74. The van der Waals surface area contributed by atoms with Crippen molar-refractivity contribution in [3.8, 4) is 11.5 Å². The third kappa shape index (κ3) is 6.90. The zero-order chi connectivity index (χ0) is 36.7. The molecule has 266 valence electrons. The minimum absolute atomic E-state index is 0.0401. The Morgan fingerprint density at radius 2 is 1.41 bits per heavy atom. The van der Waals surface area contributed by atoms with Crippen molar-refractivity contribution in [1.82, 2.24) is 0 Å². The summed E-state index contributed by atoms with van der Waals surface area (Å²) in [5.41, 5.74) is 0.459. The Hall–Kier alpha value is -3.67. The van der Waals surface area contributed by atoms with Crippen LogP contribution in [-0.2, 0) is 14.3 Å². The molecular weight excluding hydrogens is 612 g/mol. The Bertz CT molecular complexity index is 1660. The summed E-state index contributed by atoms with van der Waals surface area (Å²) in [6.07, 6.45) is 13.1. The van der Waals surface area contributed by atoms with Gasteiger partial charge in [-0.15, -0.1) is 0 Å². The smallest absolute Gasteiger partial charge is 0.200 e. The van der Waals surface area contributed by atoms with Crippen LogP contribution in [-0.4, -0.2) is 33.2 Å². The number of benzene rings is 1. The van der Waals surface area contributed by atoms with Crippen LogP contribution in [0, 0.1) is 28.1 Å². The number of hydrogen-bond acceptors (Lipinski definition) is 6. The first-order chi connectivity index (χ1) is 22.7. The van der Waals surface area contributed by atoms with Crippen molar-refractivity contribution < 1.29 is 29.3 Å². The molecule has 0 aromatic heterocycles. The molecule has 1 heterocycles. The van der Waals surface area contributed by atoms with Gasteiger partial charge in [0.1, 0.15) is 22.3 Å². The lowest BCUT2D eigenvalue weighted by atomic mass is 9.39. The molecule has 2 aliphatic carbocycles. The Morgan fingerprint density at radius 3 is 2.00 bits per heavy atom. The number of ether oxygens (including phenoxy) is 1. The van der Waals surface area contributed by atoms with E-state index in [1.165, 1.54) is 34.9 Å². The molecule has 1 saturated heterocycles. The molecule has 0 unspecified atom stereocenters. The number of allylic oxidation sites excluding steroid dienone is 10. The average Bonchev–Trinajstić information content (AvgIpc) is 2.99. The van der Waals surface area contributed by atoms with Crippen molar-refractivity contribution in [1.29, 1.82) is 0 Å². The lowest BCUT2D eigenvalue weighted by Gasteiger charge is -2.64. The molecule has 6 heteroatoms. The van der Waals surface area contributed by atoms with E-state index in [9.17, 15) is 15.0 Å². The molecule has 49 heavy (non-hydrogen) atoms. The van der Waals surface area contributed by atoms with Gasteiger partial charge >= 0.3 is 0 Å². The van der Waals surface area contributed by atoms with Crippen molar-refractivity contribution in [3.05, 3.63) is 81.7 Å². The summed E-state index contributed by atoms with van der Waals surface area (Å²) < 4.78 is 6.88. The largest absolute Gasteiger partial charge is 0.504 e. The summed E-state index contributed by atoms with van der Waals surface area (Å²) in [6.45, 7) is 22.5. The fraction of sp³-hybridized carbons (Fsp3) is 0.558. The van der Waals surface area contributed by atoms with Gasteiger partial charge in [-0.25, -0.2) is 0 Å². The monoisotopic (exact) mass is 670 g/mol. The topological polar surface area (TPSA) is 101 Å². The van der Waals surface area contributed by atoms with E-state index in [-0.39, 0.29) is 46.7 Å². The Kier molecular flexibility index (Phi) is 10.8. The summed E-state index contributed by atoms with van der Waals surface area (Å²) in [6, 6.07) is 3.83. The highest BCUT2D eigenvalue weighted by molar-refractivity contribution is 6.35. The van der Waals surface area contributed by atoms with Gasteiger partial charge in [-0.2, -0.15) is 0 Å². The van der Waals surface area contributed by atoms with E-state index in [0.717, 1.165) is 18.4 Å². The van der Waals surface area contributed by atoms with Gasteiger partial charge in [0.15, 0.2) is 28.8 Å². The molecule has 4 atom stereocenters. The lowest BCUT2D eigenvalue weighted by molar-refractivity contribution is -0.188. The Labute approximate surface area is 294 Å². The number of Topliss-reactive ketones (excluding diaryl/α,β-unsaturated/α-hetero) is 3. The van der Waals surface area contributed by atoms with E-state index < -0.39 is 39.2 Å². The third-order valence-corrected chi connectivity index (χ3v) is 11.7. The molecule has 0 radical (unpaired) electrons. The van der Waals surface area contributed by atoms with E-state index in [0.29, 0.717) is 25.7 Å². The van der Waals surface area contributed by atoms with Gasteiger partial charge in [-0.3, -0.25) is 14.4 Å². The average molecular weight is 671 g/mol. The van der Waals surface area contributed by atoms with E-state index in [1.807, 2.05) is 47.6 Å². The van der Waals surface area contributed by atoms with Crippen LogP contribution in [0.4, 0.5) is 0 Å². The number of hydrogen-bond donors (Lipinski definition) is 2. The maximum absolute atomic E-state index is 15.5. The molecule has 0 amide bonds. The minimum Gasteiger partial charge on any atom is -0.504 e. The molecule has 1 aliphatic heterocycles. The van der Waals surface area contributed by atoms with E-state index >= 15 is 9.59 Å². The predicted octanol–water partition coefficient (Wildman–Crippen LogP) is 10.3. The Morgan fingerprint density at radius 1 is 0.816 bits per heavy atom. The standard InChI is InChI=1S/C43H58O6/c1-26(2)13-12-14-29(7)16-19-31-24-42-25-32(18-15-27(3)4)41(10,11)49-38(42)35(36(46)30-17-20-33(44)34(45)23-30)37(47)43(39(42)48,40(31,8)9)22-21-28(5)6/h13,15-17,20-21,23,31-32,44-45H,12,14,18-19,22,24-25H2,1-11H3/b29-16+/t31-,32-,42-,43-/m0/s1. The molecule has 1 spiro atoms. The van der Waals surface area contributed by atoms with Crippen LogP contribution in [0.2, 0.25) is 0 Å². The van der Waals surface area contributed by atoms with Crippen LogP contribution >= 0.6 is 0 Å². The molecule has 1 saturated carbocycles. The molecule has 6 nitrogen and oxygen atoms in total. The van der Waals surface area contributed by atoms with Gasteiger partial charge in [-0.05, 0) is 137 Å². The van der Waals surface area contributed by atoms with Crippen LogP contribution in [0.5, 0.6) is 11.5 Å². The number of rotatable bonds is 11. The summed E-state index contributed by atoms with van der Waals surface area (Å²) in [7, 11) is 0. The fourth-order valence-electron chi connectivity index (χ4n) is 8.37. The van der Waals surface area contributed by atoms with E-state index in [4.69, 9.17) is 4.74 Å². The molecule has 2 fully saturated rings. The number of ketones is 3. The van der Waals surface area contributed by atoms with Gasteiger partial charge in [-0.1, -0.05) is 60.4 Å². The third-order valence-electron chi connectivity index (χ3n) is 11.7. The maximum atomic E-state index is 15.5. The van der Waals surface area contributed by atoms with Gasteiger partial charge in [0.25, 0.3) is 0 Å². The van der Waals surface area contributed by atoms with Crippen LogP contribution < -0.4 is 0 Å². The molecule has 2 bridgehead atoms. The molecule has 4 rings (SSSR count).